The molecule has 0 N–H and O–H groups in total. The van der Waals surface area contributed by atoms with E-state index in [0.29, 0.717) is 31.3 Å². The van der Waals surface area contributed by atoms with Crippen molar-refractivity contribution in [3.8, 4) is 0 Å². The first kappa shape index (κ1) is 18.5. The number of hydrogen-bond donors (Lipinski definition) is 0. The first-order valence-corrected chi connectivity index (χ1v) is 8.97. The number of carbonyl (C=O) groups is 1. The van der Waals surface area contributed by atoms with Gasteiger partial charge in [0.25, 0.3) is 0 Å². The third-order valence-corrected chi connectivity index (χ3v) is 4.76. The van der Waals surface area contributed by atoms with E-state index in [4.69, 9.17) is 4.52 Å². The number of amides is 1. The summed E-state index contributed by atoms with van der Waals surface area (Å²) in [6, 6.07) is 7.97. The van der Waals surface area contributed by atoms with Gasteiger partial charge in [0.1, 0.15) is 6.04 Å². The van der Waals surface area contributed by atoms with Gasteiger partial charge in [-0.25, -0.2) is 0 Å². The lowest BCUT2D eigenvalue weighted by Gasteiger charge is -2.37. The Morgan fingerprint density at radius 1 is 1.15 bits per heavy atom. The number of likely N-dealkylation sites (N-methyl/N-ethyl adjacent to an activating group) is 1. The van der Waals surface area contributed by atoms with Gasteiger partial charge in [-0.3, -0.25) is 14.6 Å². The van der Waals surface area contributed by atoms with Crippen LogP contribution in [0, 0.1) is 13.8 Å². The van der Waals surface area contributed by atoms with Crippen LogP contribution in [-0.4, -0.2) is 71.0 Å². The van der Waals surface area contributed by atoms with E-state index in [9.17, 15) is 4.79 Å². The lowest BCUT2D eigenvalue weighted by molar-refractivity contribution is -0.138. The zero-order valence-corrected chi connectivity index (χ0v) is 16.0. The predicted molar refractivity (Wildman–Crippen MR) is 98.5 cm³/mol. The molecule has 140 valence electrons. The molecule has 7 nitrogen and oxygen atoms in total. The van der Waals surface area contributed by atoms with Crippen molar-refractivity contribution in [1.82, 2.24) is 24.8 Å². The SMILES string of the molecule is Cc1ccc(C(C(=O)N2CCN(Cc3noc(C)n3)CC2)N(C)C)cc1. The Morgan fingerprint density at radius 2 is 1.81 bits per heavy atom. The van der Waals surface area contributed by atoms with Crippen LogP contribution in [0.15, 0.2) is 28.8 Å². The summed E-state index contributed by atoms with van der Waals surface area (Å²) in [6.07, 6.45) is 0. The second kappa shape index (κ2) is 7.97. The molecule has 3 rings (SSSR count). The maximum absolute atomic E-state index is 13.1. The van der Waals surface area contributed by atoms with Crippen molar-refractivity contribution >= 4 is 5.91 Å². The van der Waals surface area contributed by atoms with Gasteiger partial charge in [0.05, 0.1) is 6.54 Å². The predicted octanol–water partition coefficient (Wildman–Crippen LogP) is 1.63. The van der Waals surface area contributed by atoms with Gasteiger partial charge >= 0.3 is 0 Å². The Hall–Kier alpha value is -2.25. The zero-order valence-electron chi connectivity index (χ0n) is 16.0. The number of nitrogens with zero attached hydrogens (tertiary/aromatic N) is 5. The minimum absolute atomic E-state index is 0.161. The number of rotatable bonds is 5. The standard InChI is InChI=1S/C19H27N5O2/c1-14-5-7-16(8-6-14)18(22(3)4)19(25)24-11-9-23(10-12-24)13-17-20-15(2)26-21-17/h5-8,18H,9-13H2,1-4H3. The summed E-state index contributed by atoms with van der Waals surface area (Å²) in [4.78, 5) is 23.6. The molecule has 0 spiro atoms. The van der Waals surface area contributed by atoms with Gasteiger partial charge < -0.3 is 9.42 Å². The fraction of sp³-hybridized carbons (Fsp3) is 0.526. The van der Waals surface area contributed by atoms with Crippen molar-refractivity contribution in [1.29, 1.82) is 0 Å². The Balaban J connectivity index is 1.61. The third kappa shape index (κ3) is 4.28. The number of hydrogen-bond acceptors (Lipinski definition) is 6. The van der Waals surface area contributed by atoms with E-state index in [2.05, 4.69) is 34.1 Å². The normalized spacial score (nSPS) is 16.9. The van der Waals surface area contributed by atoms with Crippen LogP contribution in [0.1, 0.15) is 28.9 Å². The van der Waals surface area contributed by atoms with Gasteiger partial charge in [0.2, 0.25) is 11.8 Å². The number of aryl methyl sites for hydroxylation is 2. The summed E-state index contributed by atoms with van der Waals surface area (Å²) in [7, 11) is 3.91. The first-order valence-electron chi connectivity index (χ1n) is 8.97. The summed E-state index contributed by atoms with van der Waals surface area (Å²) in [6.45, 7) is 7.56. The number of carbonyl (C=O) groups excluding carboxylic acids is 1. The Bertz CT molecular complexity index is 733. The molecule has 0 saturated carbocycles. The number of benzene rings is 1. The van der Waals surface area contributed by atoms with Crippen molar-refractivity contribution in [2.45, 2.75) is 26.4 Å². The zero-order chi connectivity index (χ0) is 18.7. The molecule has 0 aliphatic carbocycles. The quantitative estimate of drug-likeness (QED) is 0.810. The van der Waals surface area contributed by atoms with Crippen LogP contribution in [0.3, 0.4) is 0 Å². The molecule has 26 heavy (non-hydrogen) atoms. The smallest absolute Gasteiger partial charge is 0.244 e. The first-order chi connectivity index (χ1) is 12.4. The highest BCUT2D eigenvalue weighted by molar-refractivity contribution is 5.83. The van der Waals surface area contributed by atoms with Gasteiger partial charge in [-0.05, 0) is 26.6 Å². The maximum atomic E-state index is 13.1. The summed E-state index contributed by atoms with van der Waals surface area (Å²) in [5.41, 5.74) is 2.24. The monoisotopic (exact) mass is 357 g/mol. The van der Waals surface area contributed by atoms with E-state index in [0.717, 1.165) is 18.7 Å². The summed E-state index contributed by atoms with van der Waals surface area (Å²) < 4.78 is 5.02. The van der Waals surface area contributed by atoms with E-state index in [-0.39, 0.29) is 11.9 Å². The van der Waals surface area contributed by atoms with E-state index in [1.54, 1.807) is 6.92 Å². The van der Waals surface area contributed by atoms with E-state index < -0.39 is 0 Å². The Labute approximate surface area is 154 Å². The van der Waals surface area contributed by atoms with E-state index >= 15 is 0 Å². The molecule has 7 heteroatoms. The minimum atomic E-state index is -0.248. The molecular weight excluding hydrogens is 330 g/mol. The molecule has 2 aromatic rings. The van der Waals surface area contributed by atoms with Crippen molar-refractivity contribution < 1.29 is 9.32 Å². The van der Waals surface area contributed by atoms with Crippen molar-refractivity contribution in [2.75, 3.05) is 40.3 Å². The molecule has 1 unspecified atom stereocenters. The Morgan fingerprint density at radius 3 is 2.35 bits per heavy atom. The highest BCUT2D eigenvalue weighted by atomic mass is 16.5. The largest absolute Gasteiger partial charge is 0.340 e. The molecule has 0 radical (unpaired) electrons. The minimum Gasteiger partial charge on any atom is -0.340 e. The van der Waals surface area contributed by atoms with Crippen molar-refractivity contribution in [3.05, 3.63) is 47.1 Å². The molecule has 2 heterocycles. The average Bonchev–Trinajstić information content (AvgIpc) is 3.02. The maximum Gasteiger partial charge on any atom is 0.244 e. The van der Waals surface area contributed by atoms with Gasteiger partial charge in [-0.2, -0.15) is 4.98 Å². The lowest BCUT2D eigenvalue weighted by atomic mass is 10.0. The van der Waals surface area contributed by atoms with Crippen LogP contribution < -0.4 is 0 Å². The van der Waals surface area contributed by atoms with Gasteiger partial charge in [-0.1, -0.05) is 35.0 Å². The molecule has 1 fully saturated rings. The molecule has 1 amide bonds. The van der Waals surface area contributed by atoms with Crippen molar-refractivity contribution in [3.63, 3.8) is 0 Å². The van der Waals surface area contributed by atoms with Crippen molar-refractivity contribution in [2.24, 2.45) is 0 Å². The lowest BCUT2D eigenvalue weighted by Crippen LogP contribution is -2.51. The highest BCUT2D eigenvalue weighted by Gasteiger charge is 2.30. The third-order valence-electron chi connectivity index (χ3n) is 4.76. The van der Waals surface area contributed by atoms with Crippen LogP contribution in [-0.2, 0) is 11.3 Å². The molecule has 1 aliphatic rings. The molecule has 1 atom stereocenters. The van der Waals surface area contributed by atoms with Gasteiger partial charge in [0.15, 0.2) is 5.82 Å². The molecular formula is C19H27N5O2. The summed E-state index contributed by atoms with van der Waals surface area (Å²) in [5, 5.41) is 3.95. The number of piperazine rings is 1. The van der Waals surface area contributed by atoms with E-state index in [1.807, 2.05) is 36.0 Å². The Kier molecular flexibility index (Phi) is 5.68. The van der Waals surface area contributed by atoms with Crippen LogP contribution in [0.25, 0.3) is 0 Å². The fourth-order valence-corrected chi connectivity index (χ4v) is 3.32. The molecule has 1 aliphatic heterocycles. The summed E-state index contributed by atoms with van der Waals surface area (Å²) >= 11 is 0. The molecule has 1 aromatic heterocycles. The molecule has 0 bridgehead atoms. The molecule has 1 aromatic carbocycles. The average molecular weight is 357 g/mol. The highest BCUT2D eigenvalue weighted by Crippen LogP contribution is 2.22. The van der Waals surface area contributed by atoms with Crippen LogP contribution >= 0.6 is 0 Å². The topological polar surface area (TPSA) is 65.7 Å². The second-order valence-corrected chi connectivity index (χ2v) is 7.11. The molecule has 1 saturated heterocycles. The fourth-order valence-electron chi connectivity index (χ4n) is 3.32. The number of aromatic nitrogens is 2. The van der Waals surface area contributed by atoms with Crippen LogP contribution in [0.4, 0.5) is 0 Å². The second-order valence-electron chi connectivity index (χ2n) is 7.11. The van der Waals surface area contributed by atoms with Crippen LogP contribution in [0.5, 0.6) is 0 Å². The summed E-state index contributed by atoms with van der Waals surface area (Å²) in [5.74, 6) is 1.45. The van der Waals surface area contributed by atoms with Crippen LogP contribution in [0.2, 0.25) is 0 Å². The van der Waals surface area contributed by atoms with Gasteiger partial charge in [-0.15, -0.1) is 0 Å². The van der Waals surface area contributed by atoms with E-state index in [1.165, 1.54) is 5.56 Å². The van der Waals surface area contributed by atoms with Gasteiger partial charge in [0, 0.05) is 33.1 Å².